The number of likely N-dealkylation sites (N-methyl/N-ethyl adjacent to an activating group) is 1. The number of nitrogens with zero attached hydrogens (tertiary/aromatic N) is 1. The van der Waals surface area contributed by atoms with Crippen LogP contribution < -0.4 is 5.32 Å². The highest BCUT2D eigenvalue weighted by Crippen LogP contribution is 2.27. The van der Waals surface area contributed by atoms with Gasteiger partial charge in [0.05, 0.1) is 6.61 Å². The topological polar surface area (TPSA) is 58.6 Å². The summed E-state index contributed by atoms with van der Waals surface area (Å²) >= 11 is 0. The standard InChI is InChI=1S/C15H26N2O3/c1-17-11-13(14(17)18)16-15(19)20-10-6-5-9-12-7-3-2-4-8-12/h12-13H,2-11H2,1H3,(H,16,19)/t13-/m0/s1. The van der Waals surface area contributed by atoms with Gasteiger partial charge in [0, 0.05) is 13.6 Å². The van der Waals surface area contributed by atoms with Crippen LogP contribution in [0.2, 0.25) is 0 Å². The van der Waals surface area contributed by atoms with E-state index in [1.807, 2.05) is 0 Å². The minimum absolute atomic E-state index is 0.0424. The first-order valence-electron chi connectivity index (χ1n) is 7.85. The van der Waals surface area contributed by atoms with Gasteiger partial charge in [-0.2, -0.15) is 0 Å². The fourth-order valence-corrected chi connectivity index (χ4v) is 3.06. The Morgan fingerprint density at radius 2 is 2.05 bits per heavy atom. The summed E-state index contributed by atoms with van der Waals surface area (Å²) < 4.78 is 5.10. The van der Waals surface area contributed by atoms with Gasteiger partial charge in [0.25, 0.3) is 0 Å². The van der Waals surface area contributed by atoms with Crippen molar-refractivity contribution in [2.45, 2.75) is 57.4 Å². The summed E-state index contributed by atoms with van der Waals surface area (Å²) in [6.07, 6.45) is 9.75. The van der Waals surface area contributed by atoms with Gasteiger partial charge >= 0.3 is 6.09 Å². The van der Waals surface area contributed by atoms with Gasteiger partial charge in [-0.1, -0.05) is 38.5 Å². The van der Waals surface area contributed by atoms with Crippen molar-refractivity contribution in [3.05, 3.63) is 0 Å². The Morgan fingerprint density at radius 1 is 1.30 bits per heavy atom. The number of ether oxygens (including phenoxy) is 1. The number of amides is 2. The summed E-state index contributed by atoms with van der Waals surface area (Å²) in [7, 11) is 1.72. The summed E-state index contributed by atoms with van der Waals surface area (Å²) in [5.41, 5.74) is 0. The van der Waals surface area contributed by atoms with E-state index in [4.69, 9.17) is 4.74 Å². The molecule has 1 atom stereocenters. The summed E-state index contributed by atoms with van der Waals surface area (Å²) in [5.74, 6) is 0.847. The van der Waals surface area contributed by atoms with Crippen LogP contribution in [0.5, 0.6) is 0 Å². The maximum absolute atomic E-state index is 11.5. The van der Waals surface area contributed by atoms with Gasteiger partial charge in [-0.05, 0) is 18.8 Å². The molecule has 1 heterocycles. The highest BCUT2D eigenvalue weighted by atomic mass is 16.5. The highest BCUT2D eigenvalue weighted by Gasteiger charge is 2.35. The second kappa shape index (κ2) is 7.50. The van der Waals surface area contributed by atoms with Crippen LogP contribution in [0.3, 0.4) is 0 Å². The lowest BCUT2D eigenvalue weighted by atomic mass is 9.86. The predicted molar refractivity (Wildman–Crippen MR) is 76.3 cm³/mol. The molecule has 1 aliphatic heterocycles. The third-order valence-corrected chi connectivity index (χ3v) is 4.39. The minimum Gasteiger partial charge on any atom is -0.450 e. The normalized spacial score (nSPS) is 23.4. The number of nitrogens with one attached hydrogen (secondary N) is 1. The predicted octanol–water partition coefficient (Wildman–Crippen LogP) is 2.30. The SMILES string of the molecule is CN1C[C@H](NC(=O)OCCCCC2CCCCC2)C1=O. The smallest absolute Gasteiger partial charge is 0.407 e. The first-order chi connectivity index (χ1) is 9.66. The molecule has 2 fully saturated rings. The summed E-state index contributed by atoms with van der Waals surface area (Å²) in [5, 5.41) is 2.58. The first kappa shape index (κ1) is 15.1. The van der Waals surface area contributed by atoms with Crippen molar-refractivity contribution in [3.8, 4) is 0 Å². The minimum atomic E-state index is -0.464. The Hall–Kier alpha value is -1.26. The number of hydrogen-bond acceptors (Lipinski definition) is 3. The molecule has 5 nitrogen and oxygen atoms in total. The molecule has 1 aliphatic carbocycles. The third kappa shape index (κ3) is 4.39. The molecule has 2 amide bonds. The second-order valence-electron chi connectivity index (χ2n) is 6.05. The van der Waals surface area contributed by atoms with Crippen LogP contribution in [-0.2, 0) is 9.53 Å². The molecule has 0 aromatic heterocycles. The molecule has 0 spiro atoms. The van der Waals surface area contributed by atoms with Crippen LogP contribution in [0.15, 0.2) is 0 Å². The van der Waals surface area contributed by atoms with E-state index in [0.29, 0.717) is 13.2 Å². The number of β-lactam (4-membered cyclic amide) rings is 1. The zero-order chi connectivity index (χ0) is 14.4. The van der Waals surface area contributed by atoms with Gasteiger partial charge < -0.3 is 15.0 Å². The molecule has 0 aromatic rings. The molecule has 1 N–H and O–H groups in total. The average Bonchev–Trinajstić information content (AvgIpc) is 2.47. The zero-order valence-corrected chi connectivity index (χ0v) is 12.4. The lowest BCUT2D eigenvalue weighted by molar-refractivity contribution is -0.141. The van der Waals surface area contributed by atoms with E-state index in [2.05, 4.69) is 5.32 Å². The van der Waals surface area contributed by atoms with E-state index in [0.717, 1.165) is 18.8 Å². The van der Waals surface area contributed by atoms with Crippen molar-refractivity contribution in [1.82, 2.24) is 10.2 Å². The monoisotopic (exact) mass is 282 g/mol. The van der Waals surface area contributed by atoms with Crippen LogP contribution in [0.4, 0.5) is 4.79 Å². The lowest BCUT2D eigenvalue weighted by Gasteiger charge is -2.35. The largest absolute Gasteiger partial charge is 0.450 e. The molecule has 114 valence electrons. The lowest BCUT2D eigenvalue weighted by Crippen LogP contribution is -2.62. The number of likely N-dealkylation sites (tertiary alicyclic amines) is 1. The summed E-state index contributed by atoms with van der Waals surface area (Å²) in [6, 6.07) is -0.380. The van der Waals surface area contributed by atoms with Crippen LogP contribution in [0.1, 0.15) is 51.4 Å². The van der Waals surface area contributed by atoms with E-state index in [9.17, 15) is 9.59 Å². The van der Waals surface area contributed by atoms with Gasteiger partial charge in [-0.15, -0.1) is 0 Å². The molecule has 1 saturated carbocycles. The number of rotatable bonds is 6. The molecule has 0 bridgehead atoms. The summed E-state index contributed by atoms with van der Waals surface area (Å²) in [4.78, 5) is 24.3. The van der Waals surface area contributed by atoms with Crippen LogP contribution >= 0.6 is 0 Å². The first-order valence-corrected chi connectivity index (χ1v) is 7.85. The van der Waals surface area contributed by atoms with Gasteiger partial charge in [-0.3, -0.25) is 4.79 Å². The Labute approximate surface area is 121 Å². The van der Waals surface area contributed by atoms with E-state index >= 15 is 0 Å². The Bertz CT molecular complexity index is 340. The van der Waals surface area contributed by atoms with Crippen LogP contribution in [0.25, 0.3) is 0 Å². The third-order valence-electron chi connectivity index (χ3n) is 4.39. The summed E-state index contributed by atoms with van der Waals surface area (Å²) in [6.45, 7) is 1.03. The molecule has 2 rings (SSSR count). The molecule has 5 heteroatoms. The molecule has 0 aromatic carbocycles. The van der Waals surface area contributed by atoms with Crippen molar-refractivity contribution in [2.75, 3.05) is 20.2 Å². The molecule has 1 saturated heterocycles. The number of unbranched alkanes of at least 4 members (excludes halogenated alkanes) is 1. The van der Waals surface area contributed by atoms with Gasteiger partial charge in [-0.25, -0.2) is 4.79 Å². The number of hydrogen-bond donors (Lipinski definition) is 1. The maximum atomic E-state index is 11.5. The molecule has 0 unspecified atom stereocenters. The number of alkyl carbamates (subject to hydrolysis) is 1. The van der Waals surface area contributed by atoms with Crippen molar-refractivity contribution < 1.29 is 14.3 Å². The second-order valence-corrected chi connectivity index (χ2v) is 6.05. The van der Waals surface area contributed by atoms with Crippen LogP contribution in [-0.4, -0.2) is 43.1 Å². The van der Waals surface area contributed by atoms with Crippen molar-refractivity contribution in [1.29, 1.82) is 0 Å². The van der Waals surface area contributed by atoms with E-state index < -0.39 is 6.09 Å². The molecule has 20 heavy (non-hydrogen) atoms. The quantitative estimate of drug-likeness (QED) is 0.601. The average molecular weight is 282 g/mol. The fourth-order valence-electron chi connectivity index (χ4n) is 3.06. The van der Waals surface area contributed by atoms with E-state index in [-0.39, 0.29) is 11.9 Å². The van der Waals surface area contributed by atoms with Crippen molar-refractivity contribution in [3.63, 3.8) is 0 Å². The van der Waals surface area contributed by atoms with Crippen LogP contribution in [0, 0.1) is 5.92 Å². The molecular formula is C15H26N2O3. The van der Waals surface area contributed by atoms with E-state index in [1.54, 1.807) is 11.9 Å². The van der Waals surface area contributed by atoms with Gasteiger partial charge in [0.2, 0.25) is 5.91 Å². The highest BCUT2D eigenvalue weighted by molar-refractivity contribution is 5.90. The Kier molecular flexibility index (Phi) is 5.68. The van der Waals surface area contributed by atoms with Crippen molar-refractivity contribution in [2.24, 2.45) is 5.92 Å². The molecule has 0 radical (unpaired) electrons. The number of carbonyl (C=O) groups excluding carboxylic acids is 2. The van der Waals surface area contributed by atoms with Gasteiger partial charge in [0.15, 0.2) is 0 Å². The molecular weight excluding hydrogens is 256 g/mol. The van der Waals surface area contributed by atoms with Gasteiger partial charge in [0.1, 0.15) is 6.04 Å². The maximum Gasteiger partial charge on any atom is 0.407 e. The zero-order valence-electron chi connectivity index (χ0n) is 12.4. The Morgan fingerprint density at radius 3 is 2.70 bits per heavy atom. The Balaban J connectivity index is 1.46. The fraction of sp³-hybridized carbons (Fsp3) is 0.867. The molecule has 2 aliphatic rings. The van der Waals surface area contributed by atoms with E-state index in [1.165, 1.54) is 38.5 Å². The number of carbonyl (C=O) groups is 2. The van der Waals surface area contributed by atoms with Crippen molar-refractivity contribution >= 4 is 12.0 Å².